The number of ether oxygens (including phenoxy) is 1. The minimum atomic E-state index is 0.798. The highest BCUT2D eigenvalue weighted by Gasteiger charge is 2.06. The van der Waals surface area contributed by atoms with E-state index in [2.05, 4.69) is 17.6 Å². The lowest BCUT2D eigenvalue weighted by atomic mass is 10.0. The lowest BCUT2D eigenvalue weighted by Crippen LogP contribution is -1.93. The van der Waals surface area contributed by atoms with Crippen LogP contribution in [0.2, 0.25) is 0 Å². The highest BCUT2D eigenvalue weighted by atomic mass is 16.5. The van der Waals surface area contributed by atoms with Gasteiger partial charge in [-0.15, -0.1) is 6.58 Å². The third-order valence-electron chi connectivity index (χ3n) is 2.42. The summed E-state index contributed by atoms with van der Waals surface area (Å²) in [5.41, 5.74) is 2.15. The highest BCUT2D eigenvalue weighted by Crippen LogP contribution is 2.27. The Kier molecular flexibility index (Phi) is 2.68. The van der Waals surface area contributed by atoms with E-state index in [1.165, 1.54) is 0 Å². The van der Waals surface area contributed by atoms with E-state index in [4.69, 9.17) is 4.74 Å². The van der Waals surface area contributed by atoms with Crippen molar-refractivity contribution in [2.45, 2.75) is 6.42 Å². The molecular formula is C13H13NO. The van der Waals surface area contributed by atoms with Crippen LogP contribution in [0.4, 0.5) is 0 Å². The number of rotatable bonds is 3. The van der Waals surface area contributed by atoms with Gasteiger partial charge in [-0.3, -0.25) is 4.98 Å². The van der Waals surface area contributed by atoms with Gasteiger partial charge in [-0.25, -0.2) is 0 Å². The number of fused-ring (bicyclic) bond motifs is 1. The summed E-state index contributed by atoms with van der Waals surface area (Å²) in [7, 11) is 1.68. The zero-order chi connectivity index (χ0) is 10.7. The molecule has 0 bridgehead atoms. The molecule has 0 atom stereocenters. The molecule has 0 spiro atoms. The van der Waals surface area contributed by atoms with Crippen LogP contribution < -0.4 is 4.74 Å². The SMILES string of the molecule is C=CCc1c(OC)ccc2ncccc12. The third-order valence-corrected chi connectivity index (χ3v) is 2.42. The molecule has 0 unspecified atom stereocenters. The van der Waals surface area contributed by atoms with Crippen LogP contribution in [0.1, 0.15) is 5.56 Å². The summed E-state index contributed by atoms with van der Waals surface area (Å²) in [4.78, 5) is 4.31. The van der Waals surface area contributed by atoms with Gasteiger partial charge in [-0.1, -0.05) is 12.1 Å². The Morgan fingerprint density at radius 2 is 2.27 bits per heavy atom. The molecule has 2 nitrogen and oxygen atoms in total. The molecule has 0 aliphatic heterocycles. The molecule has 0 amide bonds. The maximum atomic E-state index is 5.33. The van der Waals surface area contributed by atoms with Crippen LogP contribution in [0.15, 0.2) is 43.1 Å². The average molecular weight is 199 g/mol. The molecule has 15 heavy (non-hydrogen) atoms. The second kappa shape index (κ2) is 4.13. The molecule has 0 fully saturated rings. The first kappa shape index (κ1) is 9.71. The van der Waals surface area contributed by atoms with Gasteiger partial charge in [-0.05, 0) is 24.6 Å². The lowest BCUT2D eigenvalue weighted by molar-refractivity contribution is 0.411. The Bertz CT molecular complexity index is 491. The van der Waals surface area contributed by atoms with Gasteiger partial charge in [0.1, 0.15) is 5.75 Å². The molecule has 2 heteroatoms. The first-order valence-electron chi connectivity index (χ1n) is 4.88. The Hall–Kier alpha value is -1.83. The van der Waals surface area contributed by atoms with Gasteiger partial charge >= 0.3 is 0 Å². The maximum absolute atomic E-state index is 5.33. The second-order valence-electron chi connectivity index (χ2n) is 3.31. The molecule has 0 saturated carbocycles. The zero-order valence-corrected chi connectivity index (χ0v) is 8.73. The average Bonchev–Trinajstić information content (AvgIpc) is 2.30. The van der Waals surface area contributed by atoms with Crippen molar-refractivity contribution in [3.8, 4) is 5.75 Å². The van der Waals surface area contributed by atoms with E-state index in [9.17, 15) is 0 Å². The molecular weight excluding hydrogens is 186 g/mol. The topological polar surface area (TPSA) is 22.1 Å². The summed E-state index contributed by atoms with van der Waals surface area (Å²) in [6, 6.07) is 7.92. The van der Waals surface area contributed by atoms with Gasteiger partial charge in [0, 0.05) is 17.1 Å². The van der Waals surface area contributed by atoms with Crippen LogP contribution in [-0.2, 0) is 6.42 Å². The van der Waals surface area contributed by atoms with Crippen LogP contribution in [-0.4, -0.2) is 12.1 Å². The summed E-state index contributed by atoms with van der Waals surface area (Å²) in [5.74, 6) is 0.899. The van der Waals surface area contributed by atoms with E-state index in [0.717, 1.165) is 28.6 Å². The van der Waals surface area contributed by atoms with E-state index in [1.807, 2.05) is 24.3 Å². The Balaban J connectivity index is 2.72. The molecule has 0 N–H and O–H groups in total. The fraction of sp³-hybridized carbons (Fsp3) is 0.154. The quantitative estimate of drug-likeness (QED) is 0.709. The zero-order valence-electron chi connectivity index (χ0n) is 8.73. The standard InChI is InChI=1S/C13H13NO/c1-3-5-11-10-6-4-9-14-12(10)7-8-13(11)15-2/h3-4,6-9H,1,5H2,2H3. The van der Waals surface area contributed by atoms with E-state index in [1.54, 1.807) is 13.3 Å². The van der Waals surface area contributed by atoms with E-state index >= 15 is 0 Å². The number of hydrogen-bond donors (Lipinski definition) is 0. The number of methoxy groups -OCH3 is 1. The highest BCUT2D eigenvalue weighted by molar-refractivity contribution is 5.84. The van der Waals surface area contributed by atoms with Crippen molar-refractivity contribution in [3.63, 3.8) is 0 Å². The van der Waals surface area contributed by atoms with Gasteiger partial charge in [0.05, 0.1) is 12.6 Å². The van der Waals surface area contributed by atoms with E-state index < -0.39 is 0 Å². The number of pyridine rings is 1. The van der Waals surface area contributed by atoms with Crippen LogP contribution in [0.3, 0.4) is 0 Å². The Morgan fingerprint density at radius 1 is 1.40 bits per heavy atom. The molecule has 76 valence electrons. The number of aromatic nitrogens is 1. The summed E-state index contributed by atoms with van der Waals surface area (Å²) in [5, 5.41) is 1.14. The van der Waals surface area contributed by atoms with Gasteiger partial charge in [0.25, 0.3) is 0 Å². The molecule has 0 radical (unpaired) electrons. The van der Waals surface area contributed by atoms with Crippen LogP contribution >= 0.6 is 0 Å². The molecule has 2 aromatic rings. The predicted molar refractivity (Wildman–Crippen MR) is 62.2 cm³/mol. The van der Waals surface area contributed by atoms with Gasteiger partial charge in [0.2, 0.25) is 0 Å². The molecule has 0 saturated heterocycles. The van der Waals surface area contributed by atoms with Crippen molar-refractivity contribution >= 4 is 10.9 Å². The third kappa shape index (κ3) is 1.71. The monoisotopic (exact) mass is 199 g/mol. The number of nitrogens with zero attached hydrogens (tertiary/aromatic N) is 1. The molecule has 0 aliphatic carbocycles. The van der Waals surface area contributed by atoms with Crippen molar-refractivity contribution in [2.24, 2.45) is 0 Å². The summed E-state index contributed by atoms with van der Waals surface area (Å²) >= 11 is 0. The first-order valence-corrected chi connectivity index (χ1v) is 4.88. The molecule has 2 rings (SSSR count). The predicted octanol–water partition coefficient (Wildman–Crippen LogP) is 2.97. The molecule has 1 heterocycles. The van der Waals surface area contributed by atoms with Crippen molar-refractivity contribution in [1.29, 1.82) is 0 Å². The summed E-state index contributed by atoms with van der Waals surface area (Å²) < 4.78 is 5.33. The van der Waals surface area contributed by atoms with E-state index in [-0.39, 0.29) is 0 Å². The van der Waals surface area contributed by atoms with Crippen molar-refractivity contribution in [3.05, 3.63) is 48.7 Å². The van der Waals surface area contributed by atoms with Crippen LogP contribution in [0, 0.1) is 0 Å². The van der Waals surface area contributed by atoms with Crippen LogP contribution in [0.25, 0.3) is 10.9 Å². The van der Waals surface area contributed by atoms with Crippen molar-refractivity contribution in [1.82, 2.24) is 4.98 Å². The van der Waals surface area contributed by atoms with Gasteiger partial charge in [-0.2, -0.15) is 0 Å². The smallest absolute Gasteiger partial charge is 0.123 e. The van der Waals surface area contributed by atoms with Gasteiger partial charge in [0.15, 0.2) is 0 Å². The number of allylic oxidation sites excluding steroid dienone is 1. The fourth-order valence-corrected chi connectivity index (χ4v) is 1.74. The second-order valence-corrected chi connectivity index (χ2v) is 3.31. The van der Waals surface area contributed by atoms with Gasteiger partial charge < -0.3 is 4.74 Å². The lowest BCUT2D eigenvalue weighted by Gasteiger charge is -2.09. The van der Waals surface area contributed by atoms with Crippen molar-refractivity contribution in [2.75, 3.05) is 7.11 Å². The molecule has 1 aromatic heterocycles. The number of hydrogen-bond acceptors (Lipinski definition) is 2. The first-order chi connectivity index (χ1) is 7.36. The Labute approximate surface area is 89.2 Å². The molecule has 1 aromatic carbocycles. The fourth-order valence-electron chi connectivity index (χ4n) is 1.74. The molecule has 0 aliphatic rings. The largest absolute Gasteiger partial charge is 0.496 e. The van der Waals surface area contributed by atoms with Crippen LogP contribution in [0.5, 0.6) is 5.75 Å². The van der Waals surface area contributed by atoms with Crippen molar-refractivity contribution < 1.29 is 4.74 Å². The van der Waals surface area contributed by atoms with E-state index in [0.29, 0.717) is 0 Å². The normalized spacial score (nSPS) is 10.2. The maximum Gasteiger partial charge on any atom is 0.123 e. The summed E-state index contributed by atoms with van der Waals surface area (Å²) in [6.45, 7) is 3.76. The number of benzene rings is 1. The minimum absolute atomic E-state index is 0.798. The minimum Gasteiger partial charge on any atom is -0.496 e. The summed E-state index contributed by atoms with van der Waals surface area (Å²) in [6.07, 6.45) is 4.48. The Morgan fingerprint density at radius 3 is 3.00 bits per heavy atom.